The van der Waals surface area contributed by atoms with E-state index in [9.17, 15) is 22.7 Å². The number of aliphatic hydroxyl groups excluding tert-OH is 1. The lowest BCUT2D eigenvalue weighted by molar-refractivity contribution is -0.121. The van der Waals surface area contributed by atoms with Crippen molar-refractivity contribution in [2.24, 2.45) is 0 Å². The number of sulfonamides is 1. The van der Waals surface area contributed by atoms with E-state index in [-0.39, 0.29) is 6.54 Å². The van der Waals surface area contributed by atoms with Gasteiger partial charge >= 0.3 is 0 Å². The van der Waals surface area contributed by atoms with E-state index in [1.54, 1.807) is 30.5 Å². The van der Waals surface area contributed by atoms with Gasteiger partial charge in [0.05, 0.1) is 23.7 Å². The van der Waals surface area contributed by atoms with Gasteiger partial charge in [0.2, 0.25) is 10.0 Å². The maximum atomic E-state index is 13.2. The smallest absolute Gasteiger partial charge is 0.253 e. The summed E-state index contributed by atoms with van der Waals surface area (Å²) in [6.07, 6.45) is 1.39. The van der Waals surface area contributed by atoms with Crippen molar-refractivity contribution in [3.63, 3.8) is 0 Å². The fraction of sp³-hybridized carbons (Fsp3) is 0.375. The van der Waals surface area contributed by atoms with Crippen LogP contribution in [0.1, 0.15) is 16.7 Å². The van der Waals surface area contributed by atoms with E-state index in [1.807, 2.05) is 0 Å². The Morgan fingerprint density at radius 2 is 1.96 bits per heavy atom. The Morgan fingerprint density at radius 1 is 1.32 bits per heavy atom. The zero-order valence-corrected chi connectivity index (χ0v) is 17.7. The van der Waals surface area contributed by atoms with Crippen LogP contribution in [0.3, 0.4) is 0 Å². The summed E-state index contributed by atoms with van der Waals surface area (Å²) in [7, 11) is -3.31. The minimum atomic E-state index is -3.31. The number of hydrogen-bond donors (Lipinski definition) is 3. The van der Waals surface area contributed by atoms with E-state index < -0.39 is 39.6 Å². The van der Waals surface area contributed by atoms with Gasteiger partial charge in [0.25, 0.3) is 5.91 Å². The molecule has 0 aliphatic rings. The Kier molecular flexibility index (Phi) is 8.17. The van der Waals surface area contributed by atoms with Crippen LogP contribution in [-0.2, 0) is 21.4 Å². The van der Waals surface area contributed by atoms with E-state index >= 15 is 0 Å². The van der Waals surface area contributed by atoms with Crippen LogP contribution in [0.15, 0.2) is 30.5 Å². The normalized spacial score (nSPS) is 14.1. The number of aromatic nitrogens is 1. The number of rotatable bonds is 9. The van der Waals surface area contributed by atoms with Crippen molar-refractivity contribution in [1.29, 1.82) is 0 Å². The summed E-state index contributed by atoms with van der Waals surface area (Å²) in [5.41, 5.74) is 1.19. The lowest BCUT2D eigenvalue weighted by Crippen LogP contribution is -2.43. The minimum Gasteiger partial charge on any atom is -0.386 e. The third-order valence-electron chi connectivity index (χ3n) is 3.65. The van der Waals surface area contributed by atoms with E-state index in [4.69, 9.17) is 23.2 Å². The molecule has 1 heterocycles. The SMILES string of the molecule is CS(=O)(=O)NCc1ncc(-c2ccc(C(O)C(CF)NC(=O)C(Cl)Cl)cc2)s1. The van der Waals surface area contributed by atoms with Crippen molar-refractivity contribution in [3.05, 3.63) is 41.0 Å². The molecule has 12 heteroatoms. The Hall–Kier alpha value is -1.30. The summed E-state index contributed by atoms with van der Waals surface area (Å²) in [5, 5.41) is 13.2. The number of alkyl halides is 3. The molecule has 2 aromatic rings. The molecule has 1 aromatic carbocycles. The van der Waals surface area contributed by atoms with Gasteiger partial charge in [-0.05, 0) is 11.1 Å². The molecule has 2 unspecified atom stereocenters. The van der Waals surface area contributed by atoms with E-state index in [1.165, 1.54) is 11.3 Å². The summed E-state index contributed by atoms with van der Waals surface area (Å²) >= 11 is 12.2. The zero-order valence-electron chi connectivity index (χ0n) is 14.6. The molecule has 0 fully saturated rings. The fourth-order valence-corrected chi connectivity index (χ4v) is 3.72. The topological polar surface area (TPSA) is 108 Å². The predicted octanol–water partition coefficient (Wildman–Crippen LogP) is 2.15. The van der Waals surface area contributed by atoms with Gasteiger partial charge in [0, 0.05) is 6.20 Å². The molecule has 3 N–H and O–H groups in total. The monoisotopic (exact) mass is 469 g/mol. The number of carbonyl (C=O) groups is 1. The predicted molar refractivity (Wildman–Crippen MR) is 108 cm³/mol. The maximum absolute atomic E-state index is 13.2. The van der Waals surface area contributed by atoms with Gasteiger partial charge in [-0.15, -0.1) is 11.3 Å². The summed E-state index contributed by atoms with van der Waals surface area (Å²) in [6.45, 7) is -0.902. The Bertz CT molecular complexity index is 907. The largest absolute Gasteiger partial charge is 0.386 e. The van der Waals surface area contributed by atoms with Gasteiger partial charge in [-0.25, -0.2) is 22.5 Å². The molecule has 0 saturated carbocycles. The highest BCUT2D eigenvalue weighted by Crippen LogP contribution is 2.28. The second-order valence-electron chi connectivity index (χ2n) is 5.85. The zero-order chi connectivity index (χ0) is 20.9. The lowest BCUT2D eigenvalue weighted by atomic mass is 10.0. The third-order valence-corrected chi connectivity index (χ3v) is 5.76. The van der Waals surface area contributed by atoms with Crippen LogP contribution < -0.4 is 10.0 Å². The quantitative estimate of drug-likeness (QED) is 0.487. The van der Waals surface area contributed by atoms with Crippen molar-refractivity contribution in [2.75, 3.05) is 12.9 Å². The Balaban J connectivity index is 2.08. The molecule has 154 valence electrons. The molecule has 0 aliphatic heterocycles. The Labute approximate surface area is 175 Å². The second-order valence-corrected chi connectivity index (χ2v) is 9.89. The standard InChI is InChI=1S/C16H18Cl2FN3O4S2/c1-28(25,26)21-8-13-20-7-12(27-13)9-2-4-10(5-3-9)14(23)11(6-19)22-16(24)15(17)18/h2-5,7,11,14-15,21,23H,6,8H2,1H3,(H,22,24). The highest BCUT2D eigenvalue weighted by Gasteiger charge is 2.25. The van der Waals surface area contributed by atoms with Crippen LogP contribution in [0, 0.1) is 0 Å². The summed E-state index contributed by atoms with van der Waals surface area (Å²) in [6, 6.07) is 5.44. The van der Waals surface area contributed by atoms with Crippen LogP contribution in [-0.4, -0.2) is 48.2 Å². The van der Waals surface area contributed by atoms with Crippen LogP contribution >= 0.6 is 34.5 Å². The van der Waals surface area contributed by atoms with Gasteiger partial charge in [-0.1, -0.05) is 47.5 Å². The average Bonchev–Trinajstić information content (AvgIpc) is 3.12. The first-order valence-electron chi connectivity index (χ1n) is 7.93. The molecule has 1 aromatic heterocycles. The molecular formula is C16H18Cl2FN3O4S2. The van der Waals surface area contributed by atoms with Crippen molar-refractivity contribution < 1.29 is 22.7 Å². The van der Waals surface area contributed by atoms with Gasteiger partial charge in [0.1, 0.15) is 17.8 Å². The van der Waals surface area contributed by atoms with Gasteiger partial charge in [-0.2, -0.15) is 0 Å². The minimum absolute atomic E-state index is 0.0975. The second kappa shape index (κ2) is 9.95. The fourth-order valence-electron chi connectivity index (χ4n) is 2.24. The maximum Gasteiger partial charge on any atom is 0.253 e. The number of nitrogens with zero attached hydrogens (tertiary/aromatic N) is 1. The summed E-state index contributed by atoms with van der Waals surface area (Å²) in [4.78, 5) is 15.1. The number of halogens is 3. The molecule has 2 rings (SSSR count). The number of aliphatic hydroxyl groups is 1. The molecule has 0 radical (unpaired) electrons. The molecule has 1 amide bonds. The number of thiazole rings is 1. The van der Waals surface area contributed by atoms with Crippen LogP contribution in [0.4, 0.5) is 4.39 Å². The molecule has 0 bridgehead atoms. The summed E-state index contributed by atoms with van der Waals surface area (Å²) < 4.78 is 37.9. The Morgan fingerprint density at radius 3 is 2.50 bits per heavy atom. The third kappa shape index (κ3) is 6.64. The van der Waals surface area contributed by atoms with E-state index in [2.05, 4.69) is 15.0 Å². The first-order chi connectivity index (χ1) is 13.1. The highest BCUT2D eigenvalue weighted by atomic mass is 35.5. The number of hydrogen-bond acceptors (Lipinski definition) is 6. The molecule has 7 nitrogen and oxygen atoms in total. The van der Waals surface area contributed by atoms with Crippen molar-refractivity contribution >= 4 is 50.5 Å². The molecule has 0 saturated heterocycles. The molecule has 0 aliphatic carbocycles. The van der Waals surface area contributed by atoms with Crippen molar-refractivity contribution in [2.45, 2.75) is 23.5 Å². The first-order valence-corrected chi connectivity index (χ1v) is 11.5. The van der Waals surface area contributed by atoms with Crippen molar-refractivity contribution in [1.82, 2.24) is 15.0 Å². The molecule has 28 heavy (non-hydrogen) atoms. The average molecular weight is 470 g/mol. The first kappa shape index (κ1) is 23.0. The van der Waals surface area contributed by atoms with Crippen LogP contribution in [0.25, 0.3) is 10.4 Å². The van der Waals surface area contributed by atoms with Gasteiger partial charge < -0.3 is 10.4 Å². The number of carbonyl (C=O) groups excluding carboxylic acids is 1. The molecule has 2 atom stereocenters. The van der Waals surface area contributed by atoms with E-state index in [0.29, 0.717) is 10.6 Å². The number of nitrogens with one attached hydrogen (secondary N) is 2. The van der Waals surface area contributed by atoms with Crippen molar-refractivity contribution in [3.8, 4) is 10.4 Å². The highest BCUT2D eigenvalue weighted by molar-refractivity contribution is 7.88. The molecular weight excluding hydrogens is 452 g/mol. The van der Waals surface area contributed by atoms with Gasteiger partial charge in [-0.3, -0.25) is 4.79 Å². The van der Waals surface area contributed by atoms with Gasteiger partial charge in [0.15, 0.2) is 4.84 Å². The molecule has 0 spiro atoms. The summed E-state index contributed by atoms with van der Waals surface area (Å²) in [5.74, 6) is -0.790. The van der Waals surface area contributed by atoms with E-state index in [0.717, 1.165) is 16.7 Å². The van der Waals surface area contributed by atoms with Crippen LogP contribution in [0.2, 0.25) is 0 Å². The van der Waals surface area contributed by atoms with Crippen LogP contribution in [0.5, 0.6) is 0 Å². The number of amides is 1. The number of benzene rings is 1. The lowest BCUT2D eigenvalue weighted by Gasteiger charge is -2.22.